The molecule has 0 spiro atoms. The Bertz CT molecular complexity index is 422. The molecule has 3 aliphatic rings. The van der Waals surface area contributed by atoms with Crippen LogP contribution in [0.5, 0.6) is 0 Å². The number of hydrogen-bond donors (Lipinski definition) is 3. The van der Waals surface area contributed by atoms with E-state index in [0.29, 0.717) is 19.6 Å². The summed E-state index contributed by atoms with van der Waals surface area (Å²) >= 11 is 0. The maximum absolute atomic E-state index is 13.2. The van der Waals surface area contributed by atoms with Gasteiger partial charge in [0.05, 0.1) is 5.41 Å². The van der Waals surface area contributed by atoms with Crippen LogP contribution >= 0.6 is 0 Å². The van der Waals surface area contributed by atoms with Crippen molar-refractivity contribution in [2.75, 3.05) is 45.8 Å². The second kappa shape index (κ2) is 5.01. The predicted molar refractivity (Wildman–Crippen MR) is 70.9 cm³/mol. The minimum atomic E-state index is -4.20. The van der Waals surface area contributed by atoms with E-state index < -0.39 is 17.0 Å². The fourth-order valence-electron chi connectivity index (χ4n) is 3.73. The van der Waals surface area contributed by atoms with Crippen molar-refractivity contribution in [2.45, 2.75) is 19.0 Å². The summed E-state index contributed by atoms with van der Waals surface area (Å²) in [4.78, 5) is 13.8. The number of hydrogen-bond acceptors (Lipinski definition) is 3. The molecular formula is C13H21F3N4O. The van der Waals surface area contributed by atoms with Gasteiger partial charge in [0.15, 0.2) is 0 Å². The number of carbonyl (C=O) groups is 1. The molecule has 0 bridgehead atoms. The molecular weight excluding hydrogens is 285 g/mol. The van der Waals surface area contributed by atoms with Crippen molar-refractivity contribution in [2.24, 2.45) is 10.8 Å². The van der Waals surface area contributed by atoms with Crippen LogP contribution in [0, 0.1) is 10.8 Å². The molecule has 0 aromatic carbocycles. The molecule has 2 aliphatic heterocycles. The largest absolute Gasteiger partial charge is 0.396 e. The summed E-state index contributed by atoms with van der Waals surface area (Å²) in [7, 11) is 0. The average Bonchev–Trinajstić information content (AvgIpc) is 3.06. The van der Waals surface area contributed by atoms with Crippen molar-refractivity contribution in [3.63, 3.8) is 0 Å². The highest BCUT2D eigenvalue weighted by molar-refractivity contribution is 5.74. The minimum Gasteiger partial charge on any atom is -0.337 e. The molecule has 2 saturated heterocycles. The van der Waals surface area contributed by atoms with Gasteiger partial charge in [-0.05, 0) is 19.4 Å². The monoisotopic (exact) mass is 306 g/mol. The van der Waals surface area contributed by atoms with E-state index in [1.54, 1.807) is 4.90 Å². The lowest BCUT2D eigenvalue weighted by atomic mass is 9.95. The lowest BCUT2D eigenvalue weighted by molar-refractivity contribution is -0.190. The van der Waals surface area contributed by atoms with Crippen molar-refractivity contribution in [1.29, 1.82) is 0 Å². The maximum atomic E-state index is 13.2. The fourth-order valence-corrected chi connectivity index (χ4v) is 3.73. The van der Waals surface area contributed by atoms with Crippen LogP contribution in [-0.4, -0.2) is 62.9 Å². The van der Waals surface area contributed by atoms with Gasteiger partial charge < -0.3 is 20.9 Å². The van der Waals surface area contributed by atoms with Gasteiger partial charge in [-0.25, -0.2) is 4.79 Å². The second-order valence-electron chi connectivity index (χ2n) is 6.39. The molecule has 0 unspecified atom stereocenters. The van der Waals surface area contributed by atoms with Gasteiger partial charge in [-0.15, -0.1) is 0 Å². The second-order valence-corrected chi connectivity index (χ2v) is 6.39. The standard InChI is InChI=1S/C13H21F3N4O/c14-13(15,16)12-6-11(12,7-18-9-12)8-19-10(21)20-4-1-2-17-3-5-20/h17-18H,1-9H2,(H,19,21)/t11-,12-/m0/s1. The fraction of sp³-hybridized carbons (Fsp3) is 0.923. The zero-order valence-corrected chi connectivity index (χ0v) is 11.9. The highest BCUT2D eigenvalue weighted by atomic mass is 19.4. The van der Waals surface area contributed by atoms with E-state index in [1.807, 2.05) is 0 Å². The molecule has 21 heavy (non-hydrogen) atoms. The smallest absolute Gasteiger partial charge is 0.337 e. The third-order valence-electron chi connectivity index (χ3n) is 5.17. The van der Waals surface area contributed by atoms with Crippen molar-refractivity contribution < 1.29 is 18.0 Å². The summed E-state index contributed by atoms with van der Waals surface area (Å²) < 4.78 is 39.6. The van der Waals surface area contributed by atoms with E-state index in [4.69, 9.17) is 0 Å². The van der Waals surface area contributed by atoms with E-state index in [-0.39, 0.29) is 25.5 Å². The molecule has 3 N–H and O–H groups in total. The van der Waals surface area contributed by atoms with Crippen LogP contribution in [-0.2, 0) is 0 Å². The van der Waals surface area contributed by atoms with Crippen LogP contribution in [0.15, 0.2) is 0 Å². The van der Waals surface area contributed by atoms with Gasteiger partial charge in [0, 0.05) is 44.7 Å². The van der Waals surface area contributed by atoms with E-state index in [2.05, 4.69) is 16.0 Å². The molecule has 2 heterocycles. The van der Waals surface area contributed by atoms with Gasteiger partial charge in [-0.1, -0.05) is 0 Å². The number of nitrogens with zero attached hydrogens (tertiary/aromatic N) is 1. The minimum absolute atomic E-state index is 0.0278. The molecule has 0 radical (unpaired) electrons. The summed E-state index contributed by atoms with van der Waals surface area (Å²) in [5.74, 6) is 0. The zero-order chi connectivity index (χ0) is 15.1. The molecule has 0 aromatic rings. The van der Waals surface area contributed by atoms with Crippen LogP contribution in [0.3, 0.4) is 0 Å². The van der Waals surface area contributed by atoms with Crippen molar-refractivity contribution in [1.82, 2.24) is 20.9 Å². The van der Waals surface area contributed by atoms with Gasteiger partial charge in [0.1, 0.15) is 0 Å². The Hall–Kier alpha value is -1.02. The first-order valence-corrected chi connectivity index (χ1v) is 7.41. The summed E-state index contributed by atoms with van der Waals surface area (Å²) in [6.07, 6.45) is -3.21. The number of amides is 2. The van der Waals surface area contributed by atoms with Gasteiger partial charge in [-0.3, -0.25) is 0 Å². The highest BCUT2D eigenvalue weighted by Gasteiger charge is 2.81. The van der Waals surface area contributed by atoms with Crippen LogP contribution in [0.25, 0.3) is 0 Å². The molecule has 5 nitrogen and oxygen atoms in total. The number of piperidine rings is 1. The molecule has 3 fully saturated rings. The van der Waals surface area contributed by atoms with E-state index in [1.165, 1.54) is 0 Å². The lowest BCUT2D eigenvalue weighted by Crippen LogP contribution is -2.45. The maximum Gasteiger partial charge on any atom is 0.396 e. The molecule has 8 heteroatoms. The Balaban J connectivity index is 1.57. The van der Waals surface area contributed by atoms with Crippen molar-refractivity contribution in [3.8, 4) is 0 Å². The van der Waals surface area contributed by atoms with Gasteiger partial charge in [0.25, 0.3) is 0 Å². The zero-order valence-electron chi connectivity index (χ0n) is 11.9. The molecule has 2 amide bonds. The summed E-state index contributed by atoms with van der Waals surface area (Å²) in [6, 6.07) is -0.247. The van der Waals surface area contributed by atoms with E-state index >= 15 is 0 Å². The first kappa shape index (κ1) is 14.9. The molecule has 1 saturated carbocycles. The van der Waals surface area contributed by atoms with Crippen molar-refractivity contribution >= 4 is 6.03 Å². The Morgan fingerprint density at radius 3 is 2.71 bits per heavy atom. The number of carbonyl (C=O) groups excluding carboxylic acids is 1. The number of halogens is 3. The number of nitrogens with one attached hydrogen (secondary N) is 3. The molecule has 3 rings (SSSR count). The Morgan fingerprint density at radius 2 is 2.00 bits per heavy atom. The topological polar surface area (TPSA) is 56.4 Å². The van der Waals surface area contributed by atoms with Gasteiger partial charge in [0.2, 0.25) is 0 Å². The van der Waals surface area contributed by atoms with Crippen LogP contribution < -0.4 is 16.0 Å². The Morgan fingerprint density at radius 1 is 1.19 bits per heavy atom. The molecule has 1 aliphatic carbocycles. The Kier molecular flexibility index (Phi) is 3.56. The van der Waals surface area contributed by atoms with E-state index in [0.717, 1.165) is 19.5 Å². The Labute approximate surface area is 121 Å². The summed E-state index contributed by atoms with van der Waals surface area (Å²) in [6.45, 7) is 3.24. The third kappa shape index (κ3) is 2.38. The first-order chi connectivity index (χ1) is 9.90. The van der Waals surface area contributed by atoms with Crippen molar-refractivity contribution in [3.05, 3.63) is 0 Å². The van der Waals surface area contributed by atoms with Crippen LogP contribution in [0.4, 0.5) is 18.0 Å². The normalized spacial score (nSPS) is 36.0. The third-order valence-corrected chi connectivity index (χ3v) is 5.17. The first-order valence-electron chi connectivity index (χ1n) is 7.41. The van der Waals surface area contributed by atoms with Gasteiger partial charge in [-0.2, -0.15) is 13.2 Å². The summed E-state index contributed by atoms with van der Waals surface area (Å²) in [5, 5.41) is 8.74. The number of urea groups is 1. The number of rotatable bonds is 2. The molecule has 2 atom stereocenters. The number of fused-ring (bicyclic) bond motifs is 1. The van der Waals surface area contributed by atoms with E-state index in [9.17, 15) is 18.0 Å². The highest BCUT2D eigenvalue weighted by Crippen LogP contribution is 2.72. The molecule has 120 valence electrons. The van der Waals surface area contributed by atoms with Crippen LogP contribution in [0.1, 0.15) is 12.8 Å². The lowest BCUT2D eigenvalue weighted by Gasteiger charge is -2.24. The van der Waals surface area contributed by atoms with Gasteiger partial charge >= 0.3 is 12.2 Å². The summed E-state index contributed by atoms with van der Waals surface area (Å²) in [5.41, 5.74) is -2.47. The quantitative estimate of drug-likeness (QED) is 0.698. The predicted octanol–water partition coefficient (Wildman–Crippen LogP) is 0.533. The number of alkyl halides is 3. The van der Waals surface area contributed by atoms with Crippen LogP contribution in [0.2, 0.25) is 0 Å². The average molecular weight is 306 g/mol. The SMILES string of the molecule is O=C(NC[C@]12CNC[C@@]1(C(F)(F)F)C2)N1CCCNCC1. The molecule has 0 aromatic heterocycles.